The van der Waals surface area contributed by atoms with Gasteiger partial charge in [-0.3, -0.25) is 10.5 Å². The highest BCUT2D eigenvalue weighted by molar-refractivity contribution is 6.42. The molecule has 2 rings (SSSR count). The van der Waals surface area contributed by atoms with Gasteiger partial charge in [-0.2, -0.15) is 5.10 Å². The molecule has 0 saturated heterocycles. The predicted octanol–water partition coefficient (Wildman–Crippen LogP) is 2.90. The molecule has 0 spiro atoms. The number of nitrogens with one attached hydrogen (secondary N) is 1. The Morgan fingerprint density at radius 2 is 2.00 bits per heavy atom. The zero-order valence-corrected chi connectivity index (χ0v) is 12.5. The van der Waals surface area contributed by atoms with Crippen LogP contribution in [-0.4, -0.2) is 9.78 Å². The van der Waals surface area contributed by atoms with Gasteiger partial charge < -0.3 is 0 Å². The fourth-order valence-electron chi connectivity index (χ4n) is 2.28. The van der Waals surface area contributed by atoms with E-state index < -0.39 is 0 Å². The van der Waals surface area contributed by atoms with E-state index in [1.165, 1.54) is 0 Å². The van der Waals surface area contributed by atoms with E-state index in [0.29, 0.717) is 10.0 Å². The third kappa shape index (κ3) is 2.49. The van der Waals surface area contributed by atoms with E-state index in [1.807, 2.05) is 37.7 Å². The highest BCUT2D eigenvalue weighted by atomic mass is 35.5. The summed E-state index contributed by atoms with van der Waals surface area (Å²) in [5, 5.41) is 5.42. The normalized spacial score (nSPS) is 12.7. The molecule has 0 amide bonds. The number of hydrogen-bond acceptors (Lipinski definition) is 3. The molecule has 0 aliphatic heterocycles. The summed E-state index contributed by atoms with van der Waals surface area (Å²) in [7, 11) is 1.90. The van der Waals surface area contributed by atoms with E-state index in [1.54, 1.807) is 6.07 Å². The standard InChI is InChI=1S/C13H16Cl2N4/c1-7-11(8(2)19(3)18-7)13(17-16)9-5-4-6-10(14)12(9)15/h4-6,13,17H,16H2,1-3H3. The van der Waals surface area contributed by atoms with Gasteiger partial charge in [-0.1, -0.05) is 35.3 Å². The summed E-state index contributed by atoms with van der Waals surface area (Å²) < 4.78 is 1.83. The van der Waals surface area contributed by atoms with Crippen molar-refractivity contribution in [2.45, 2.75) is 19.9 Å². The van der Waals surface area contributed by atoms with Gasteiger partial charge in [-0.05, 0) is 25.5 Å². The van der Waals surface area contributed by atoms with E-state index >= 15 is 0 Å². The number of hydrazine groups is 1. The molecule has 0 radical (unpaired) electrons. The summed E-state index contributed by atoms with van der Waals surface area (Å²) in [5.41, 5.74) is 6.62. The van der Waals surface area contributed by atoms with Crippen molar-refractivity contribution in [2.24, 2.45) is 12.9 Å². The average Bonchev–Trinajstić information content (AvgIpc) is 2.62. The number of rotatable bonds is 3. The van der Waals surface area contributed by atoms with E-state index in [0.717, 1.165) is 22.5 Å². The third-order valence-corrected chi connectivity index (χ3v) is 4.15. The van der Waals surface area contributed by atoms with Crippen LogP contribution in [0.1, 0.15) is 28.6 Å². The lowest BCUT2D eigenvalue weighted by molar-refractivity contribution is 0.628. The van der Waals surface area contributed by atoms with Crippen molar-refractivity contribution in [2.75, 3.05) is 0 Å². The highest BCUT2D eigenvalue weighted by Crippen LogP contribution is 2.34. The first-order chi connectivity index (χ1) is 8.97. The lowest BCUT2D eigenvalue weighted by Crippen LogP contribution is -2.30. The minimum absolute atomic E-state index is 0.236. The second-order valence-electron chi connectivity index (χ2n) is 4.45. The number of benzene rings is 1. The summed E-state index contributed by atoms with van der Waals surface area (Å²) in [6.07, 6.45) is 0. The summed E-state index contributed by atoms with van der Waals surface area (Å²) in [4.78, 5) is 0. The van der Waals surface area contributed by atoms with Gasteiger partial charge in [0.05, 0.1) is 21.8 Å². The Labute approximate surface area is 122 Å². The van der Waals surface area contributed by atoms with Crippen molar-refractivity contribution in [3.05, 3.63) is 50.8 Å². The number of halogens is 2. The fraction of sp³-hybridized carbons (Fsp3) is 0.308. The minimum atomic E-state index is -0.236. The molecule has 0 aliphatic carbocycles. The van der Waals surface area contributed by atoms with Crippen molar-refractivity contribution in [1.82, 2.24) is 15.2 Å². The lowest BCUT2D eigenvalue weighted by Gasteiger charge is -2.19. The Morgan fingerprint density at radius 3 is 2.53 bits per heavy atom. The molecule has 0 fully saturated rings. The van der Waals surface area contributed by atoms with Crippen LogP contribution in [-0.2, 0) is 7.05 Å². The molecule has 3 N–H and O–H groups in total. The first-order valence-electron chi connectivity index (χ1n) is 5.87. The van der Waals surface area contributed by atoms with Crippen molar-refractivity contribution in [3.63, 3.8) is 0 Å². The molecule has 1 heterocycles. The molecule has 1 aromatic heterocycles. The molecule has 6 heteroatoms. The molecule has 0 saturated carbocycles. The van der Waals surface area contributed by atoms with E-state index in [2.05, 4.69) is 10.5 Å². The van der Waals surface area contributed by atoms with Crippen LogP contribution in [0.4, 0.5) is 0 Å². The number of aryl methyl sites for hydroxylation is 2. The van der Waals surface area contributed by atoms with Crippen molar-refractivity contribution >= 4 is 23.2 Å². The number of nitrogens with zero attached hydrogens (tertiary/aromatic N) is 2. The molecular formula is C13H16Cl2N4. The van der Waals surface area contributed by atoms with Crippen LogP contribution in [0.2, 0.25) is 10.0 Å². The molecule has 19 heavy (non-hydrogen) atoms. The molecule has 2 aromatic rings. The van der Waals surface area contributed by atoms with E-state index in [-0.39, 0.29) is 6.04 Å². The summed E-state index contributed by atoms with van der Waals surface area (Å²) in [6.45, 7) is 3.95. The van der Waals surface area contributed by atoms with E-state index in [4.69, 9.17) is 29.0 Å². The number of aromatic nitrogens is 2. The van der Waals surface area contributed by atoms with Crippen LogP contribution in [0.3, 0.4) is 0 Å². The summed E-state index contributed by atoms with van der Waals surface area (Å²) in [5.74, 6) is 5.71. The van der Waals surface area contributed by atoms with Gasteiger partial charge in [0.25, 0.3) is 0 Å². The van der Waals surface area contributed by atoms with Crippen LogP contribution < -0.4 is 11.3 Å². The quantitative estimate of drug-likeness (QED) is 0.677. The molecule has 1 atom stereocenters. The van der Waals surface area contributed by atoms with Crippen molar-refractivity contribution in [3.8, 4) is 0 Å². The number of nitrogens with two attached hydrogens (primary N) is 1. The minimum Gasteiger partial charge on any atom is -0.272 e. The highest BCUT2D eigenvalue weighted by Gasteiger charge is 2.23. The fourth-order valence-corrected chi connectivity index (χ4v) is 2.70. The van der Waals surface area contributed by atoms with Crippen LogP contribution in [0, 0.1) is 13.8 Å². The maximum Gasteiger partial charge on any atom is 0.0761 e. The predicted molar refractivity (Wildman–Crippen MR) is 78.3 cm³/mol. The zero-order chi connectivity index (χ0) is 14.2. The zero-order valence-electron chi connectivity index (χ0n) is 11.0. The van der Waals surface area contributed by atoms with Gasteiger partial charge in [0.15, 0.2) is 0 Å². The van der Waals surface area contributed by atoms with Crippen molar-refractivity contribution < 1.29 is 0 Å². The van der Waals surface area contributed by atoms with Crippen molar-refractivity contribution in [1.29, 1.82) is 0 Å². The third-order valence-electron chi connectivity index (χ3n) is 3.31. The number of hydrogen-bond donors (Lipinski definition) is 2. The van der Waals surface area contributed by atoms with Crippen LogP contribution in [0.15, 0.2) is 18.2 Å². The largest absolute Gasteiger partial charge is 0.272 e. The van der Waals surface area contributed by atoms with Gasteiger partial charge >= 0.3 is 0 Å². The smallest absolute Gasteiger partial charge is 0.0761 e. The van der Waals surface area contributed by atoms with Crippen LogP contribution in [0.5, 0.6) is 0 Å². The lowest BCUT2D eigenvalue weighted by atomic mass is 9.97. The van der Waals surface area contributed by atoms with Gasteiger partial charge in [-0.25, -0.2) is 5.43 Å². The summed E-state index contributed by atoms with van der Waals surface area (Å²) >= 11 is 12.3. The Morgan fingerprint density at radius 1 is 1.32 bits per heavy atom. The molecule has 1 aromatic carbocycles. The van der Waals surface area contributed by atoms with Gasteiger partial charge in [0.2, 0.25) is 0 Å². The maximum atomic E-state index is 6.27. The molecule has 102 valence electrons. The molecular weight excluding hydrogens is 283 g/mol. The molecule has 1 unspecified atom stereocenters. The van der Waals surface area contributed by atoms with Gasteiger partial charge in [0.1, 0.15) is 0 Å². The first-order valence-corrected chi connectivity index (χ1v) is 6.63. The second-order valence-corrected chi connectivity index (χ2v) is 5.24. The topological polar surface area (TPSA) is 55.9 Å². The maximum absolute atomic E-state index is 6.27. The Bertz CT molecular complexity index is 607. The molecule has 0 aliphatic rings. The van der Waals surface area contributed by atoms with Gasteiger partial charge in [-0.15, -0.1) is 0 Å². The Hall–Kier alpha value is -1.07. The monoisotopic (exact) mass is 298 g/mol. The van der Waals surface area contributed by atoms with Crippen LogP contribution >= 0.6 is 23.2 Å². The molecule has 4 nitrogen and oxygen atoms in total. The second kappa shape index (κ2) is 5.51. The first kappa shape index (κ1) is 14.3. The van der Waals surface area contributed by atoms with Gasteiger partial charge in [0, 0.05) is 18.3 Å². The summed E-state index contributed by atoms with van der Waals surface area (Å²) in [6, 6.07) is 5.28. The Balaban J connectivity index is 2.60. The molecule has 0 bridgehead atoms. The average molecular weight is 299 g/mol. The SMILES string of the molecule is Cc1nn(C)c(C)c1C(NN)c1cccc(Cl)c1Cl. The van der Waals surface area contributed by atoms with Crippen LogP contribution in [0.25, 0.3) is 0 Å². The van der Waals surface area contributed by atoms with E-state index in [9.17, 15) is 0 Å². The Kier molecular flexibility index (Phi) is 4.16.